The van der Waals surface area contributed by atoms with Crippen LogP contribution in [0.1, 0.15) is 37.2 Å². The largest absolute Gasteiger partial charge is 0.496 e. The van der Waals surface area contributed by atoms with E-state index in [-0.39, 0.29) is 12.0 Å². The zero-order chi connectivity index (χ0) is 17.2. The van der Waals surface area contributed by atoms with Crippen molar-refractivity contribution in [1.82, 2.24) is 14.7 Å². The molecule has 5 heteroatoms. The lowest BCUT2D eigenvalue weighted by molar-refractivity contribution is -0.136. The minimum absolute atomic E-state index is 0.106. The number of rotatable bonds is 5. The molecule has 1 saturated carbocycles. The van der Waals surface area contributed by atoms with Crippen LogP contribution in [0.15, 0.2) is 42.7 Å². The van der Waals surface area contributed by atoms with E-state index in [9.17, 15) is 4.79 Å². The summed E-state index contributed by atoms with van der Waals surface area (Å²) in [5.74, 6) is 1.62. The van der Waals surface area contributed by atoms with Gasteiger partial charge in [0.25, 0.3) is 0 Å². The molecule has 2 aliphatic rings. The lowest BCUT2D eigenvalue weighted by Gasteiger charge is -2.36. The first-order chi connectivity index (χ1) is 12.3. The molecule has 2 aromatic rings. The number of hydrogen-bond acceptors (Lipinski definition) is 3. The minimum Gasteiger partial charge on any atom is -0.496 e. The molecule has 132 valence electrons. The first kappa shape index (κ1) is 16.2. The van der Waals surface area contributed by atoms with Gasteiger partial charge in [-0.2, -0.15) is 5.10 Å². The van der Waals surface area contributed by atoms with Gasteiger partial charge in [-0.15, -0.1) is 0 Å². The average molecular weight is 339 g/mol. The summed E-state index contributed by atoms with van der Waals surface area (Å²) in [6.45, 7) is 1.67. The first-order valence-electron chi connectivity index (χ1n) is 9.18. The van der Waals surface area contributed by atoms with Crippen molar-refractivity contribution >= 4 is 5.91 Å². The maximum Gasteiger partial charge on any atom is 0.226 e. The highest BCUT2D eigenvalue weighted by Crippen LogP contribution is 2.51. The Hall–Kier alpha value is -2.30. The van der Waals surface area contributed by atoms with Gasteiger partial charge in [-0.3, -0.25) is 9.48 Å². The van der Waals surface area contributed by atoms with E-state index in [4.69, 9.17) is 4.74 Å². The van der Waals surface area contributed by atoms with Crippen molar-refractivity contribution in [3.05, 3.63) is 48.3 Å². The van der Waals surface area contributed by atoms with Gasteiger partial charge in [-0.05, 0) is 49.3 Å². The highest BCUT2D eigenvalue weighted by Gasteiger charge is 2.48. The van der Waals surface area contributed by atoms with Gasteiger partial charge in [0.15, 0.2) is 0 Å². The summed E-state index contributed by atoms with van der Waals surface area (Å²) in [7, 11) is 1.70. The van der Waals surface area contributed by atoms with Gasteiger partial charge in [0, 0.05) is 24.9 Å². The van der Waals surface area contributed by atoms with Crippen molar-refractivity contribution in [1.29, 1.82) is 0 Å². The molecule has 1 amide bonds. The summed E-state index contributed by atoms with van der Waals surface area (Å²) >= 11 is 0. The predicted molar refractivity (Wildman–Crippen MR) is 95.4 cm³/mol. The SMILES string of the molecule is COc1ccccc1[C@@H]1C[C@@H]1C(=O)N1CCCC[C@H]1Cn1cccn1. The number of methoxy groups -OCH3 is 1. The molecule has 1 saturated heterocycles. The Bertz CT molecular complexity index is 728. The van der Waals surface area contributed by atoms with Gasteiger partial charge in [0.1, 0.15) is 5.75 Å². The summed E-state index contributed by atoms with van der Waals surface area (Å²) < 4.78 is 7.42. The van der Waals surface area contributed by atoms with Crippen LogP contribution >= 0.6 is 0 Å². The van der Waals surface area contributed by atoms with Crippen LogP contribution in [-0.4, -0.2) is 40.3 Å². The van der Waals surface area contributed by atoms with E-state index in [0.717, 1.165) is 38.1 Å². The third kappa shape index (κ3) is 3.28. The van der Waals surface area contributed by atoms with Crippen molar-refractivity contribution in [2.24, 2.45) is 5.92 Å². The van der Waals surface area contributed by atoms with Crippen LogP contribution in [0.25, 0.3) is 0 Å². The Morgan fingerprint density at radius 3 is 2.96 bits per heavy atom. The van der Waals surface area contributed by atoms with Crippen LogP contribution < -0.4 is 4.74 Å². The highest BCUT2D eigenvalue weighted by atomic mass is 16.5. The molecule has 0 unspecified atom stereocenters. The molecule has 25 heavy (non-hydrogen) atoms. The highest BCUT2D eigenvalue weighted by molar-refractivity contribution is 5.83. The van der Waals surface area contributed by atoms with E-state index in [1.807, 2.05) is 35.1 Å². The third-order valence-corrected chi connectivity index (χ3v) is 5.51. The van der Waals surface area contributed by atoms with Gasteiger partial charge in [-0.1, -0.05) is 18.2 Å². The van der Waals surface area contributed by atoms with Gasteiger partial charge in [0.2, 0.25) is 5.91 Å². The Morgan fingerprint density at radius 1 is 1.28 bits per heavy atom. The van der Waals surface area contributed by atoms with E-state index in [0.29, 0.717) is 11.8 Å². The number of amides is 1. The predicted octanol–water partition coefficient (Wildman–Crippen LogP) is 3.08. The van der Waals surface area contributed by atoms with E-state index in [2.05, 4.69) is 16.1 Å². The van der Waals surface area contributed by atoms with Crippen molar-refractivity contribution < 1.29 is 9.53 Å². The Morgan fingerprint density at radius 2 is 2.16 bits per heavy atom. The topological polar surface area (TPSA) is 47.4 Å². The van der Waals surface area contributed by atoms with Crippen molar-refractivity contribution in [3.63, 3.8) is 0 Å². The Labute approximate surface area is 148 Å². The summed E-state index contributed by atoms with van der Waals surface area (Å²) in [5, 5.41) is 4.31. The van der Waals surface area contributed by atoms with E-state index in [1.165, 1.54) is 12.0 Å². The summed E-state index contributed by atoms with van der Waals surface area (Å²) in [4.78, 5) is 15.3. The minimum atomic E-state index is 0.106. The molecule has 2 fully saturated rings. The van der Waals surface area contributed by atoms with Gasteiger partial charge >= 0.3 is 0 Å². The molecule has 0 N–H and O–H groups in total. The number of aromatic nitrogens is 2. The fraction of sp³-hybridized carbons (Fsp3) is 0.500. The number of piperidine rings is 1. The van der Waals surface area contributed by atoms with Crippen LogP contribution in [0.4, 0.5) is 0 Å². The molecule has 1 aromatic carbocycles. The van der Waals surface area contributed by atoms with E-state index in [1.54, 1.807) is 13.3 Å². The normalized spacial score (nSPS) is 25.6. The Balaban J connectivity index is 1.46. The second kappa shape index (κ2) is 6.90. The van der Waals surface area contributed by atoms with Crippen LogP contribution in [0, 0.1) is 5.92 Å². The molecule has 0 radical (unpaired) electrons. The zero-order valence-corrected chi connectivity index (χ0v) is 14.7. The van der Waals surface area contributed by atoms with Crippen molar-refractivity contribution in [2.45, 2.75) is 44.2 Å². The maximum absolute atomic E-state index is 13.1. The molecular weight excluding hydrogens is 314 g/mol. The molecule has 0 bridgehead atoms. The number of carbonyl (C=O) groups excluding carboxylic acids is 1. The smallest absolute Gasteiger partial charge is 0.226 e. The maximum atomic E-state index is 13.1. The number of likely N-dealkylation sites (tertiary alicyclic amines) is 1. The molecule has 1 aliphatic heterocycles. The van der Waals surface area contributed by atoms with Crippen molar-refractivity contribution in [3.8, 4) is 5.75 Å². The fourth-order valence-electron chi connectivity index (χ4n) is 4.10. The lowest BCUT2D eigenvalue weighted by atomic mass is 10.0. The van der Waals surface area contributed by atoms with Gasteiger partial charge in [-0.25, -0.2) is 0 Å². The van der Waals surface area contributed by atoms with Crippen molar-refractivity contribution in [2.75, 3.05) is 13.7 Å². The standard InChI is InChI=1S/C20H25N3O2/c1-25-19-9-3-2-8-16(19)17-13-18(17)20(24)23-12-5-4-7-15(23)14-22-11-6-10-21-22/h2-3,6,8-11,15,17-18H,4-5,7,12-14H2,1H3/t15-,17-,18-/m0/s1. The molecule has 5 nitrogen and oxygen atoms in total. The van der Waals surface area contributed by atoms with Gasteiger partial charge in [0.05, 0.1) is 19.7 Å². The number of benzene rings is 1. The molecule has 3 atom stereocenters. The molecule has 1 aromatic heterocycles. The van der Waals surface area contributed by atoms with Crippen LogP contribution in [-0.2, 0) is 11.3 Å². The molecular formula is C20H25N3O2. The zero-order valence-electron chi connectivity index (χ0n) is 14.7. The molecule has 1 aliphatic carbocycles. The second-order valence-electron chi connectivity index (χ2n) is 7.10. The second-order valence-corrected chi connectivity index (χ2v) is 7.10. The number of hydrogen-bond donors (Lipinski definition) is 0. The quantitative estimate of drug-likeness (QED) is 0.841. The Kier molecular flexibility index (Phi) is 4.47. The van der Waals surface area contributed by atoms with Crippen LogP contribution in [0.2, 0.25) is 0 Å². The average Bonchev–Trinajstić information content (AvgIpc) is 3.29. The molecule has 4 rings (SSSR count). The summed E-state index contributed by atoms with van der Waals surface area (Å²) in [5.41, 5.74) is 1.17. The van der Waals surface area contributed by atoms with Crippen LogP contribution in [0.5, 0.6) is 5.75 Å². The molecule has 2 heterocycles. The monoisotopic (exact) mass is 339 g/mol. The lowest BCUT2D eigenvalue weighted by Crippen LogP contribution is -2.46. The van der Waals surface area contributed by atoms with Gasteiger partial charge < -0.3 is 9.64 Å². The molecule has 0 spiro atoms. The number of para-hydroxylation sites is 1. The third-order valence-electron chi connectivity index (χ3n) is 5.51. The van der Waals surface area contributed by atoms with E-state index < -0.39 is 0 Å². The number of carbonyl (C=O) groups is 1. The fourth-order valence-corrected chi connectivity index (χ4v) is 4.10. The number of ether oxygens (including phenoxy) is 1. The number of nitrogens with zero attached hydrogens (tertiary/aromatic N) is 3. The summed E-state index contributed by atoms with van der Waals surface area (Å²) in [6.07, 6.45) is 8.07. The van der Waals surface area contributed by atoms with E-state index >= 15 is 0 Å². The van der Waals surface area contributed by atoms with Crippen LogP contribution in [0.3, 0.4) is 0 Å². The first-order valence-corrected chi connectivity index (χ1v) is 9.18. The summed E-state index contributed by atoms with van der Waals surface area (Å²) in [6, 6.07) is 10.3.